The number of benzene rings is 1. The van der Waals surface area contributed by atoms with Crippen LogP contribution in [0.3, 0.4) is 0 Å². The lowest BCUT2D eigenvalue weighted by atomic mass is 9.95. The minimum atomic E-state index is -1.42. The van der Waals surface area contributed by atoms with E-state index >= 15 is 0 Å². The number of amides is 2. The summed E-state index contributed by atoms with van der Waals surface area (Å²) < 4.78 is 27.7. The molecule has 0 spiro atoms. The Labute approximate surface area is 205 Å². The number of aromatic nitrogens is 1. The summed E-state index contributed by atoms with van der Waals surface area (Å²) in [6.45, 7) is 0.822. The number of fused-ring (bicyclic) bond motifs is 3. The summed E-state index contributed by atoms with van der Waals surface area (Å²) in [6, 6.07) is 4.07. The minimum absolute atomic E-state index is 0.00668. The van der Waals surface area contributed by atoms with Gasteiger partial charge in [-0.05, 0) is 37.0 Å². The number of alkyl halides is 1. The zero-order valence-electron chi connectivity index (χ0n) is 19.1. The Hall–Kier alpha value is -2.98. The summed E-state index contributed by atoms with van der Waals surface area (Å²) >= 11 is 5.84. The maximum atomic E-state index is 13.5. The van der Waals surface area contributed by atoms with Crippen LogP contribution in [0.4, 0.5) is 8.78 Å². The van der Waals surface area contributed by atoms with E-state index in [0.717, 1.165) is 6.42 Å². The number of pyridine rings is 1. The third kappa shape index (κ3) is 4.40. The molecule has 0 saturated carbocycles. The van der Waals surface area contributed by atoms with E-state index in [9.17, 15) is 33.4 Å². The Bertz CT molecular complexity index is 1230. The van der Waals surface area contributed by atoms with Gasteiger partial charge in [-0.3, -0.25) is 19.0 Å². The van der Waals surface area contributed by atoms with Gasteiger partial charge in [0.15, 0.2) is 5.75 Å². The highest BCUT2D eigenvalue weighted by atomic mass is 35.5. The fourth-order valence-electron chi connectivity index (χ4n) is 4.80. The van der Waals surface area contributed by atoms with Crippen molar-refractivity contribution in [3.63, 3.8) is 0 Å². The van der Waals surface area contributed by atoms with Crippen LogP contribution in [-0.2, 0) is 13.0 Å². The predicted molar refractivity (Wildman–Crippen MR) is 124 cm³/mol. The van der Waals surface area contributed by atoms with Crippen LogP contribution in [0.15, 0.2) is 23.0 Å². The van der Waals surface area contributed by atoms with Gasteiger partial charge in [-0.2, -0.15) is 0 Å². The van der Waals surface area contributed by atoms with Crippen molar-refractivity contribution in [3.8, 4) is 5.75 Å². The van der Waals surface area contributed by atoms with E-state index in [1.54, 1.807) is 0 Å². The first-order valence-electron chi connectivity index (χ1n) is 11.5. The summed E-state index contributed by atoms with van der Waals surface area (Å²) in [5.74, 6) is -2.56. The number of aromatic hydroxyl groups is 1. The second-order valence-electron chi connectivity index (χ2n) is 8.84. The molecule has 11 heteroatoms. The standard InChI is InChI=1S/C24H26ClF2N3O5/c1-2-3-4-18-29(12-14(31)10-26)23(34)20-15-7-8-28(11-13-5-6-17(27)16(25)9-13)22(33)19(15)21(32)24(35)30(18)20/h5-6,9,14,18,31-32H,2-4,7-8,10-12H2,1H3. The highest BCUT2D eigenvalue weighted by Gasteiger charge is 2.44. The fraction of sp³-hybridized carbons (Fsp3) is 0.458. The summed E-state index contributed by atoms with van der Waals surface area (Å²) in [5, 5.41) is 20.6. The van der Waals surface area contributed by atoms with E-state index in [1.165, 1.54) is 32.6 Å². The minimum Gasteiger partial charge on any atom is -0.502 e. The van der Waals surface area contributed by atoms with Crippen LogP contribution in [0, 0.1) is 5.82 Å². The number of β-amino-alcohol motifs (C(OH)–C–C–N with tert-alkyl or cyclic N) is 1. The molecular weight excluding hydrogens is 484 g/mol. The molecule has 35 heavy (non-hydrogen) atoms. The molecule has 1 aromatic heterocycles. The Kier molecular flexibility index (Phi) is 7.14. The number of hydrogen-bond donors (Lipinski definition) is 2. The van der Waals surface area contributed by atoms with E-state index in [0.29, 0.717) is 18.4 Å². The van der Waals surface area contributed by atoms with E-state index < -0.39 is 47.9 Å². The number of aliphatic hydroxyl groups is 1. The summed E-state index contributed by atoms with van der Waals surface area (Å²) in [7, 11) is 0. The quantitative estimate of drug-likeness (QED) is 0.569. The van der Waals surface area contributed by atoms with Gasteiger partial charge in [0, 0.05) is 18.7 Å². The van der Waals surface area contributed by atoms with Crippen molar-refractivity contribution < 1.29 is 28.6 Å². The van der Waals surface area contributed by atoms with Gasteiger partial charge >= 0.3 is 0 Å². The normalized spacial score (nSPS) is 18.1. The molecule has 0 bridgehead atoms. The van der Waals surface area contributed by atoms with Gasteiger partial charge in [0.1, 0.15) is 24.4 Å². The fourth-order valence-corrected chi connectivity index (χ4v) is 5.00. The molecule has 0 radical (unpaired) electrons. The molecule has 2 unspecified atom stereocenters. The van der Waals surface area contributed by atoms with Crippen molar-refractivity contribution in [3.05, 3.63) is 61.8 Å². The average molecular weight is 510 g/mol. The van der Waals surface area contributed by atoms with Gasteiger partial charge in [-0.15, -0.1) is 0 Å². The molecule has 4 rings (SSSR count). The monoisotopic (exact) mass is 509 g/mol. The lowest BCUT2D eigenvalue weighted by molar-refractivity contribution is 0.0433. The molecule has 8 nitrogen and oxygen atoms in total. The largest absolute Gasteiger partial charge is 0.502 e. The molecule has 188 valence electrons. The third-order valence-electron chi connectivity index (χ3n) is 6.50. The first kappa shape index (κ1) is 25.1. The average Bonchev–Trinajstić information content (AvgIpc) is 3.10. The number of hydrogen-bond acceptors (Lipinski definition) is 5. The van der Waals surface area contributed by atoms with Gasteiger partial charge in [0.2, 0.25) is 0 Å². The highest BCUT2D eigenvalue weighted by molar-refractivity contribution is 6.30. The Morgan fingerprint density at radius 2 is 1.97 bits per heavy atom. The molecule has 0 saturated heterocycles. The molecule has 3 heterocycles. The van der Waals surface area contributed by atoms with Crippen molar-refractivity contribution in [2.24, 2.45) is 0 Å². The van der Waals surface area contributed by atoms with Gasteiger partial charge in [0.25, 0.3) is 17.4 Å². The van der Waals surface area contributed by atoms with Crippen molar-refractivity contribution in [2.45, 2.75) is 51.4 Å². The molecule has 2 aliphatic rings. The van der Waals surface area contributed by atoms with Gasteiger partial charge in [-0.25, -0.2) is 8.78 Å². The number of aliphatic hydroxyl groups excluding tert-OH is 1. The zero-order chi connectivity index (χ0) is 25.4. The summed E-state index contributed by atoms with van der Waals surface area (Å²) in [5.41, 5.74) is -0.314. The lowest BCUT2D eigenvalue weighted by Gasteiger charge is -2.30. The first-order chi connectivity index (χ1) is 16.7. The number of carbonyl (C=O) groups is 2. The van der Waals surface area contributed by atoms with Crippen LogP contribution in [0.5, 0.6) is 5.75 Å². The van der Waals surface area contributed by atoms with Crippen LogP contribution < -0.4 is 5.56 Å². The highest BCUT2D eigenvalue weighted by Crippen LogP contribution is 2.37. The Balaban J connectivity index is 1.75. The molecule has 2 aliphatic heterocycles. The van der Waals surface area contributed by atoms with Gasteiger partial charge in [-0.1, -0.05) is 31.0 Å². The van der Waals surface area contributed by atoms with Crippen LogP contribution >= 0.6 is 11.6 Å². The van der Waals surface area contributed by atoms with E-state index in [1.807, 2.05) is 6.92 Å². The number of halogens is 3. The van der Waals surface area contributed by atoms with Crippen LogP contribution in [-0.4, -0.2) is 62.3 Å². The smallest absolute Gasteiger partial charge is 0.295 e. The molecule has 2 aromatic rings. The molecule has 0 fully saturated rings. The predicted octanol–water partition coefficient (Wildman–Crippen LogP) is 3.02. The second kappa shape index (κ2) is 9.94. The first-order valence-corrected chi connectivity index (χ1v) is 11.9. The Morgan fingerprint density at radius 1 is 1.23 bits per heavy atom. The van der Waals surface area contributed by atoms with Crippen molar-refractivity contribution in [2.75, 3.05) is 19.8 Å². The van der Waals surface area contributed by atoms with E-state index in [2.05, 4.69) is 0 Å². The SMILES string of the molecule is CCCCC1N(CC(O)CF)C(=O)c2c3c(c(O)c(=O)n21)C(=O)N(Cc1ccc(F)c(Cl)c1)CC3. The van der Waals surface area contributed by atoms with Crippen LogP contribution in [0.25, 0.3) is 0 Å². The zero-order valence-corrected chi connectivity index (χ0v) is 19.9. The number of rotatable bonds is 8. The maximum absolute atomic E-state index is 13.5. The van der Waals surface area contributed by atoms with E-state index in [4.69, 9.17) is 11.6 Å². The van der Waals surface area contributed by atoms with Crippen LogP contribution in [0.2, 0.25) is 5.02 Å². The lowest BCUT2D eigenvalue weighted by Crippen LogP contribution is -2.40. The molecule has 0 aliphatic carbocycles. The number of unbranched alkanes of at least 4 members (excludes halogenated alkanes) is 1. The Morgan fingerprint density at radius 3 is 2.63 bits per heavy atom. The molecule has 2 amide bonds. The van der Waals surface area contributed by atoms with Crippen molar-refractivity contribution in [1.29, 1.82) is 0 Å². The van der Waals surface area contributed by atoms with Crippen molar-refractivity contribution in [1.82, 2.24) is 14.4 Å². The molecule has 1 aromatic carbocycles. The summed E-state index contributed by atoms with van der Waals surface area (Å²) in [6.07, 6.45) is -0.236. The number of nitrogens with zero attached hydrogens (tertiary/aromatic N) is 3. The molecule has 2 atom stereocenters. The third-order valence-corrected chi connectivity index (χ3v) is 6.79. The van der Waals surface area contributed by atoms with Gasteiger partial charge in [0.05, 0.1) is 23.2 Å². The molecule has 2 N–H and O–H groups in total. The van der Waals surface area contributed by atoms with Crippen LogP contribution in [0.1, 0.15) is 64.3 Å². The summed E-state index contributed by atoms with van der Waals surface area (Å²) in [4.78, 5) is 42.5. The topological polar surface area (TPSA) is 103 Å². The maximum Gasteiger partial charge on any atom is 0.295 e. The van der Waals surface area contributed by atoms with Gasteiger partial charge < -0.3 is 20.0 Å². The van der Waals surface area contributed by atoms with E-state index in [-0.39, 0.29) is 47.9 Å². The molecular formula is C24H26ClF2N3O5. The number of carbonyl (C=O) groups excluding carboxylic acids is 2. The van der Waals surface area contributed by atoms with Crippen molar-refractivity contribution >= 4 is 23.4 Å². The second-order valence-corrected chi connectivity index (χ2v) is 9.25.